The monoisotopic (exact) mass is 282 g/mol. The fourth-order valence-electron chi connectivity index (χ4n) is 2.71. The third-order valence-corrected chi connectivity index (χ3v) is 3.70. The smallest absolute Gasteiger partial charge is 0.260 e. The Morgan fingerprint density at radius 1 is 1.38 bits per heavy atom. The van der Waals surface area contributed by atoms with Crippen LogP contribution in [-0.4, -0.2) is 17.8 Å². The summed E-state index contributed by atoms with van der Waals surface area (Å²) in [5.41, 5.74) is 9.79. The SMILES string of the molecule is C/C=C\C1=C(C2=NC3CC=C(N)C=C3N2)C(=O)N/C1=C/C. The first-order valence-corrected chi connectivity index (χ1v) is 7.01. The number of carbonyl (C=O) groups excluding carboxylic acids is 1. The lowest BCUT2D eigenvalue weighted by atomic mass is 10.1. The van der Waals surface area contributed by atoms with Gasteiger partial charge in [-0.15, -0.1) is 0 Å². The van der Waals surface area contributed by atoms with Crippen LogP contribution in [0.25, 0.3) is 0 Å². The van der Waals surface area contributed by atoms with Gasteiger partial charge in [0.15, 0.2) is 0 Å². The first kappa shape index (κ1) is 13.4. The molecule has 0 saturated heterocycles. The van der Waals surface area contributed by atoms with Crippen LogP contribution in [0.3, 0.4) is 0 Å². The highest BCUT2D eigenvalue weighted by Crippen LogP contribution is 2.28. The van der Waals surface area contributed by atoms with E-state index < -0.39 is 0 Å². The normalized spacial score (nSPS) is 26.6. The topological polar surface area (TPSA) is 79.5 Å². The van der Waals surface area contributed by atoms with Gasteiger partial charge in [0, 0.05) is 22.7 Å². The Morgan fingerprint density at radius 2 is 2.19 bits per heavy atom. The molecule has 2 aliphatic heterocycles. The molecular formula is C16H18N4O. The number of nitrogens with two attached hydrogens (primary N) is 1. The lowest BCUT2D eigenvalue weighted by Crippen LogP contribution is -2.27. The van der Waals surface area contributed by atoms with Crippen LogP contribution in [0.2, 0.25) is 0 Å². The van der Waals surface area contributed by atoms with Crippen LogP contribution >= 0.6 is 0 Å². The molecule has 5 heteroatoms. The van der Waals surface area contributed by atoms with Crippen LogP contribution in [0.5, 0.6) is 0 Å². The van der Waals surface area contributed by atoms with Gasteiger partial charge in [-0.2, -0.15) is 0 Å². The molecule has 0 aromatic carbocycles. The van der Waals surface area contributed by atoms with Gasteiger partial charge in [-0.3, -0.25) is 9.79 Å². The second kappa shape index (κ2) is 5.09. The number of allylic oxidation sites excluding steroid dienone is 4. The summed E-state index contributed by atoms with van der Waals surface area (Å²) in [5.74, 6) is 0.499. The van der Waals surface area contributed by atoms with Crippen molar-refractivity contribution in [3.63, 3.8) is 0 Å². The average Bonchev–Trinajstić information content (AvgIpc) is 2.99. The Labute approximate surface area is 123 Å². The van der Waals surface area contributed by atoms with Crippen molar-refractivity contribution >= 4 is 11.7 Å². The number of hydrogen-bond acceptors (Lipinski definition) is 4. The van der Waals surface area contributed by atoms with Crippen LogP contribution < -0.4 is 16.4 Å². The van der Waals surface area contributed by atoms with Gasteiger partial charge in [-0.1, -0.05) is 24.3 Å². The number of hydrogen-bond donors (Lipinski definition) is 3. The van der Waals surface area contributed by atoms with E-state index in [0.29, 0.717) is 11.4 Å². The summed E-state index contributed by atoms with van der Waals surface area (Å²) in [4.78, 5) is 16.9. The zero-order valence-corrected chi connectivity index (χ0v) is 12.1. The molecule has 3 rings (SSSR count). The summed E-state index contributed by atoms with van der Waals surface area (Å²) < 4.78 is 0. The first-order chi connectivity index (χ1) is 10.1. The van der Waals surface area contributed by atoms with Crippen LogP contribution in [0.15, 0.2) is 63.6 Å². The van der Waals surface area contributed by atoms with Crippen LogP contribution in [0.1, 0.15) is 20.3 Å². The molecule has 0 aromatic rings. The molecule has 0 bridgehead atoms. The van der Waals surface area contributed by atoms with E-state index in [1.54, 1.807) is 0 Å². The lowest BCUT2D eigenvalue weighted by Gasteiger charge is -2.12. The largest absolute Gasteiger partial charge is 0.399 e. The van der Waals surface area contributed by atoms with E-state index in [4.69, 9.17) is 5.73 Å². The van der Waals surface area contributed by atoms with Gasteiger partial charge < -0.3 is 16.4 Å². The maximum atomic E-state index is 12.3. The van der Waals surface area contributed by atoms with E-state index in [2.05, 4.69) is 15.6 Å². The average molecular weight is 282 g/mol. The Kier molecular flexibility index (Phi) is 3.25. The number of nitrogens with zero attached hydrogens (tertiary/aromatic N) is 1. The summed E-state index contributed by atoms with van der Waals surface area (Å²) in [7, 11) is 0. The molecule has 4 N–H and O–H groups in total. The van der Waals surface area contributed by atoms with Gasteiger partial charge >= 0.3 is 0 Å². The quantitative estimate of drug-likeness (QED) is 0.716. The minimum atomic E-state index is -0.123. The summed E-state index contributed by atoms with van der Waals surface area (Å²) in [5, 5.41) is 6.11. The van der Waals surface area contributed by atoms with Gasteiger partial charge in [0.2, 0.25) is 0 Å². The number of carbonyl (C=O) groups is 1. The summed E-state index contributed by atoms with van der Waals surface area (Å²) in [6, 6.07) is 0.0362. The minimum absolute atomic E-state index is 0.0362. The molecule has 0 saturated carbocycles. The summed E-state index contributed by atoms with van der Waals surface area (Å²) >= 11 is 0. The number of nitrogens with one attached hydrogen (secondary N) is 2. The van der Waals surface area contributed by atoms with E-state index >= 15 is 0 Å². The second-order valence-electron chi connectivity index (χ2n) is 5.10. The van der Waals surface area contributed by atoms with Crippen LogP contribution in [-0.2, 0) is 4.79 Å². The van der Waals surface area contributed by atoms with Crippen molar-refractivity contribution in [1.82, 2.24) is 10.6 Å². The van der Waals surface area contributed by atoms with Crippen LogP contribution in [0, 0.1) is 0 Å². The maximum Gasteiger partial charge on any atom is 0.260 e. The molecule has 21 heavy (non-hydrogen) atoms. The Hall–Kier alpha value is -2.56. The van der Waals surface area contributed by atoms with E-state index in [-0.39, 0.29) is 11.9 Å². The van der Waals surface area contributed by atoms with E-state index in [1.807, 2.05) is 44.2 Å². The van der Waals surface area contributed by atoms with Gasteiger partial charge in [0.1, 0.15) is 5.84 Å². The van der Waals surface area contributed by atoms with Gasteiger partial charge in [0.05, 0.1) is 11.6 Å². The van der Waals surface area contributed by atoms with Crippen LogP contribution in [0.4, 0.5) is 0 Å². The molecule has 108 valence electrons. The molecule has 1 amide bonds. The van der Waals surface area contributed by atoms with Crippen molar-refractivity contribution in [3.8, 4) is 0 Å². The molecule has 0 spiro atoms. The molecule has 2 heterocycles. The number of amidine groups is 1. The third kappa shape index (κ3) is 2.20. The Balaban J connectivity index is 2.02. The molecule has 0 radical (unpaired) electrons. The van der Waals surface area contributed by atoms with E-state index in [1.165, 1.54) is 0 Å². The van der Waals surface area contributed by atoms with Crippen molar-refractivity contribution in [3.05, 3.63) is 58.6 Å². The molecule has 0 fully saturated rings. The van der Waals surface area contributed by atoms with Gasteiger partial charge in [-0.25, -0.2) is 0 Å². The lowest BCUT2D eigenvalue weighted by molar-refractivity contribution is -0.115. The van der Waals surface area contributed by atoms with Crippen molar-refractivity contribution in [2.75, 3.05) is 0 Å². The molecule has 3 aliphatic rings. The predicted octanol–water partition coefficient (Wildman–Crippen LogP) is 1.39. The van der Waals surface area contributed by atoms with E-state index in [0.717, 1.165) is 29.1 Å². The molecular weight excluding hydrogens is 264 g/mol. The van der Waals surface area contributed by atoms with Crippen molar-refractivity contribution in [2.45, 2.75) is 26.3 Å². The number of amides is 1. The van der Waals surface area contributed by atoms with Crippen molar-refractivity contribution in [2.24, 2.45) is 10.7 Å². The second-order valence-corrected chi connectivity index (χ2v) is 5.10. The predicted molar refractivity (Wildman–Crippen MR) is 83.1 cm³/mol. The minimum Gasteiger partial charge on any atom is -0.399 e. The summed E-state index contributed by atoms with van der Waals surface area (Å²) in [6.07, 6.45) is 10.3. The number of rotatable bonds is 2. The van der Waals surface area contributed by atoms with Gasteiger partial charge in [0.25, 0.3) is 5.91 Å². The fourth-order valence-corrected chi connectivity index (χ4v) is 2.71. The molecule has 5 nitrogen and oxygen atoms in total. The molecule has 1 unspecified atom stereocenters. The zero-order valence-electron chi connectivity index (χ0n) is 12.1. The maximum absolute atomic E-state index is 12.3. The third-order valence-electron chi connectivity index (χ3n) is 3.70. The van der Waals surface area contributed by atoms with E-state index in [9.17, 15) is 4.79 Å². The zero-order chi connectivity index (χ0) is 15.0. The summed E-state index contributed by atoms with van der Waals surface area (Å²) in [6.45, 7) is 3.83. The molecule has 0 aromatic heterocycles. The van der Waals surface area contributed by atoms with Crippen molar-refractivity contribution in [1.29, 1.82) is 0 Å². The number of fused-ring (bicyclic) bond motifs is 1. The molecule has 1 atom stereocenters. The fraction of sp³-hybridized carbons (Fsp3) is 0.250. The highest BCUT2D eigenvalue weighted by atomic mass is 16.2. The first-order valence-electron chi connectivity index (χ1n) is 7.01. The van der Waals surface area contributed by atoms with Gasteiger partial charge in [-0.05, 0) is 26.3 Å². The Morgan fingerprint density at radius 3 is 2.90 bits per heavy atom. The van der Waals surface area contributed by atoms with Crippen molar-refractivity contribution < 1.29 is 4.79 Å². The highest BCUT2D eigenvalue weighted by Gasteiger charge is 2.34. The Bertz CT molecular complexity index is 689. The highest BCUT2D eigenvalue weighted by molar-refractivity contribution is 6.25. The molecule has 1 aliphatic carbocycles. The standard InChI is InChI=1S/C16H18N4O/c1-3-5-10-11(4-2)20-16(21)14(10)15-18-12-7-6-9(17)8-13(12)19-15/h3-6,8,12H,7,17H2,1-2H3,(H,18,19)(H,20,21)/b5-3-,11-4+. The number of aliphatic imine (C=N–C) groups is 1.